The van der Waals surface area contributed by atoms with Gasteiger partial charge in [-0.2, -0.15) is 0 Å². The number of benzene rings is 4. The van der Waals surface area contributed by atoms with E-state index in [1.807, 2.05) is 25.1 Å². The highest BCUT2D eigenvalue weighted by Crippen LogP contribution is 2.39. The van der Waals surface area contributed by atoms with Gasteiger partial charge in [0.15, 0.2) is 0 Å². The van der Waals surface area contributed by atoms with Crippen LogP contribution in [0.5, 0.6) is 5.75 Å². The van der Waals surface area contributed by atoms with Crippen molar-refractivity contribution in [3.8, 4) is 5.75 Å². The average molecular weight is 554 g/mol. The van der Waals surface area contributed by atoms with Crippen molar-refractivity contribution < 1.29 is 23.5 Å². The number of methoxy groups -OCH3 is 1. The molecule has 40 heavy (non-hydrogen) atoms. The summed E-state index contributed by atoms with van der Waals surface area (Å²) in [5, 5.41) is 5.95. The summed E-state index contributed by atoms with van der Waals surface area (Å²) in [6.45, 7) is 1.90. The molecule has 0 unspecified atom stereocenters. The van der Waals surface area contributed by atoms with E-state index in [1.165, 1.54) is 31.4 Å². The number of halogens is 1. The molecule has 0 bridgehead atoms. The van der Waals surface area contributed by atoms with Gasteiger partial charge in [0.25, 0.3) is 17.7 Å². The number of carbonyl (C=O) groups is 3. The fourth-order valence-corrected chi connectivity index (χ4v) is 5.04. The maximum absolute atomic E-state index is 13.6. The first kappa shape index (κ1) is 26.7. The largest absolute Gasteiger partial charge is 0.495 e. The lowest BCUT2D eigenvalue weighted by Crippen LogP contribution is -2.32. The van der Waals surface area contributed by atoms with Crippen molar-refractivity contribution >= 4 is 46.5 Å². The average Bonchev–Trinajstić information content (AvgIpc) is 3.19. The molecule has 3 amide bonds. The maximum atomic E-state index is 13.6. The first-order valence-corrected chi connectivity index (χ1v) is 13.1. The predicted molar refractivity (Wildman–Crippen MR) is 154 cm³/mol. The minimum atomic E-state index is -0.575. The molecule has 0 saturated heterocycles. The Morgan fingerprint density at radius 1 is 0.875 bits per heavy atom. The molecule has 5 rings (SSSR count). The zero-order chi connectivity index (χ0) is 28.2. The number of ether oxygens (including phenoxy) is 1. The van der Waals surface area contributed by atoms with E-state index >= 15 is 0 Å². The third-order valence-corrected chi connectivity index (χ3v) is 7.20. The van der Waals surface area contributed by atoms with Crippen molar-refractivity contribution in [2.75, 3.05) is 22.6 Å². The van der Waals surface area contributed by atoms with Crippen molar-refractivity contribution in [1.82, 2.24) is 0 Å². The molecule has 4 aromatic carbocycles. The van der Waals surface area contributed by atoms with Crippen molar-refractivity contribution in [3.63, 3.8) is 0 Å². The quantitative estimate of drug-likeness (QED) is 0.246. The smallest absolute Gasteiger partial charge is 0.283 e. The number of hydrogen-bond donors (Lipinski definition) is 2. The van der Waals surface area contributed by atoms with Crippen molar-refractivity contribution in [3.05, 3.63) is 125 Å². The number of hydrogen-bond acceptors (Lipinski definition) is 6. The van der Waals surface area contributed by atoms with Crippen LogP contribution in [0.2, 0.25) is 0 Å². The molecule has 0 aromatic heterocycles. The van der Waals surface area contributed by atoms with Gasteiger partial charge in [0.1, 0.15) is 22.2 Å². The Bertz CT molecular complexity index is 1620. The molecule has 7 nitrogen and oxygen atoms in total. The van der Waals surface area contributed by atoms with Crippen LogP contribution in [0.3, 0.4) is 0 Å². The Balaban J connectivity index is 1.45. The highest BCUT2D eigenvalue weighted by atomic mass is 32.2. The van der Waals surface area contributed by atoms with E-state index in [1.54, 1.807) is 54.6 Å². The highest BCUT2D eigenvalue weighted by Gasteiger charge is 2.40. The molecule has 1 aliphatic rings. The third-order valence-electron chi connectivity index (χ3n) is 6.11. The molecule has 1 heterocycles. The monoisotopic (exact) mass is 553 g/mol. The zero-order valence-corrected chi connectivity index (χ0v) is 22.4. The Kier molecular flexibility index (Phi) is 7.65. The van der Waals surface area contributed by atoms with Crippen molar-refractivity contribution in [2.45, 2.75) is 11.8 Å². The van der Waals surface area contributed by atoms with Crippen LogP contribution in [0.4, 0.5) is 21.5 Å². The summed E-state index contributed by atoms with van der Waals surface area (Å²) in [6.07, 6.45) is 0. The van der Waals surface area contributed by atoms with Crippen molar-refractivity contribution in [1.29, 1.82) is 0 Å². The number of anilines is 3. The number of nitrogens with one attached hydrogen (secondary N) is 2. The molecule has 1 aliphatic heterocycles. The number of aryl methyl sites for hydroxylation is 1. The second-order valence-corrected chi connectivity index (χ2v) is 9.99. The fourth-order valence-electron chi connectivity index (χ4n) is 4.11. The van der Waals surface area contributed by atoms with Gasteiger partial charge in [-0.25, -0.2) is 9.29 Å². The highest BCUT2D eigenvalue weighted by molar-refractivity contribution is 8.04. The minimum absolute atomic E-state index is 0.0738. The van der Waals surface area contributed by atoms with E-state index < -0.39 is 17.6 Å². The van der Waals surface area contributed by atoms with Gasteiger partial charge < -0.3 is 15.4 Å². The summed E-state index contributed by atoms with van der Waals surface area (Å²) >= 11 is 1.11. The summed E-state index contributed by atoms with van der Waals surface area (Å²) in [4.78, 5) is 41.5. The normalized spacial score (nSPS) is 13.0. The molecular weight excluding hydrogens is 529 g/mol. The molecule has 0 aliphatic carbocycles. The lowest BCUT2D eigenvalue weighted by molar-refractivity contribution is -0.120. The van der Waals surface area contributed by atoms with E-state index in [0.717, 1.165) is 22.2 Å². The number of nitrogens with zero attached hydrogens (tertiary/aromatic N) is 1. The van der Waals surface area contributed by atoms with E-state index in [0.29, 0.717) is 27.6 Å². The SMILES string of the molecule is COc1ccc(C)cc1NC1=C(Sc2ccc(NC(=O)c3ccccc3)cc2)C(=O)N(c2ccc(F)cc2)C1=O. The number of carbonyl (C=O) groups excluding carboxylic acids is 3. The molecule has 200 valence electrons. The van der Waals surface area contributed by atoms with Crippen LogP contribution >= 0.6 is 11.8 Å². The summed E-state index contributed by atoms with van der Waals surface area (Å²) < 4.78 is 19.0. The topological polar surface area (TPSA) is 87.7 Å². The molecule has 0 radical (unpaired) electrons. The Morgan fingerprint density at radius 3 is 2.25 bits per heavy atom. The van der Waals surface area contributed by atoms with Gasteiger partial charge in [0.05, 0.1) is 18.5 Å². The van der Waals surface area contributed by atoms with Gasteiger partial charge in [0.2, 0.25) is 0 Å². The van der Waals surface area contributed by atoms with Gasteiger partial charge in [-0.05, 0) is 85.3 Å². The number of amides is 3. The zero-order valence-electron chi connectivity index (χ0n) is 21.6. The number of thioether (sulfide) groups is 1. The number of imide groups is 1. The summed E-state index contributed by atoms with van der Waals surface area (Å²) in [5.41, 5.74) is 2.89. The molecular formula is C31H24FN3O4S. The first-order chi connectivity index (χ1) is 19.3. The second-order valence-electron chi connectivity index (χ2n) is 8.90. The summed E-state index contributed by atoms with van der Waals surface area (Å²) in [7, 11) is 1.52. The Labute approximate surface area is 234 Å². The lowest BCUT2D eigenvalue weighted by Gasteiger charge is -2.16. The van der Waals surface area contributed by atoms with Crippen LogP contribution in [0.15, 0.2) is 113 Å². The van der Waals surface area contributed by atoms with Gasteiger partial charge in [0, 0.05) is 16.1 Å². The Morgan fingerprint density at radius 2 is 1.57 bits per heavy atom. The fraction of sp³-hybridized carbons (Fsp3) is 0.0645. The van der Waals surface area contributed by atoms with Gasteiger partial charge in [-0.15, -0.1) is 0 Å². The standard InChI is InChI=1S/C31H24FN3O4S/c1-19-8-17-26(39-2)25(18-19)34-27-28(31(38)35(30(27)37)23-13-9-21(32)10-14-23)40-24-15-11-22(12-16-24)33-29(36)20-6-4-3-5-7-20/h3-18,34H,1-2H3,(H,33,36). The molecule has 0 spiro atoms. The molecule has 2 N–H and O–H groups in total. The maximum Gasteiger partial charge on any atom is 0.283 e. The molecule has 4 aromatic rings. The van der Waals surface area contributed by atoms with Crippen LogP contribution < -0.4 is 20.3 Å². The van der Waals surface area contributed by atoms with E-state index in [9.17, 15) is 18.8 Å². The predicted octanol–water partition coefficient (Wildman–Crippen LogP) is 6.38. The summed E-state index contributed by atoms with van der Waals surface area (Å²) in [5.74, 6) is -1.34. The first-order valence-electron chi connectivity index (χ1n) is 12.3. The second kappa shape index (κ2) is 11.5. The van der Waals surface area contributed by atoms with Crippen LogP contribution in [0.1, 0.15) is 15.9 Å². The van der Waals surface area contributed by atoms with Crippen LogP contribution in [-0.2, 0) is 9.59 Å². The minimum Gasteiger partial charge on any atom is -0.495 e. The summed E-state index contributed by atoms with van der Waals surface area (Å²) in [6, 6.07) is 26.4. The van der Waals surface area contributed by atoms with Crippen LogP contribution in [0, 0.1) is 12.7 Å². The third kappa shape index (κ3) is 5.60. The number of rotatable bonds is 8. The van der Waals surface area contributed by atoms with Gasteiger partial charge >= 0.3 is 0 Å². The molecule has 9 heteroatoms. The molecule has 0 atom stereocenters. The molecule has 0 fully saturated rings. The van der Waals surface area contributed by atoms with Gasteiger partial charge in [-0.3, -0.25) is 14.4 Å². The van der Waals surface area contributed by atoms with Crippen molar-refractivity contribution in [2.24, 2.45) is 0 Å². The van der Waals surface area contributed by atoms with Crippen LogP contribution in [-0.4, -0.2) is 24.8 Å². The van der Waals surface area contributed by atoms with E-state index in [2.05, 4.69) is 10.6 Å². The Hall–Kier alpha value is -4.89. The van der Waals surface area contributed by atoms with E-state index in [4.69, 9.17) is 4.74 Å². The lowest BCUT2D eigenvalue weighted by atomic mass is 10.2. The van der Waals surface area contributed by atoms with E-state index in [-0.39, 0.29) is 22.2 Å². The molecule has 0 saturated carbocycles. The van der Waals surface area contributed by atoms with Gasteiger partial charge in [-0.1, -0.05) is 36.0 Å². The van der Waals surface area contributed by atoms with Crippen LogP contribution in [0.25, 0.3) is 0 Å².